The van der Waals surface area contributed by atoms with E-state index in [0.29, 0.717) is 31.0 Å². The van der Waals surface area contributed by atoms with Crippen LogP contribution in [0.5, 0.6) is 0 Å². The van der Waals surface area contributed by atoms with Crippen molar-refractivity contribution in [2.24, 2.45) is 0 Å². The van der Waals surface area contributed by atoms with Crippen LogP contribution in [0.4, 0.5) is 0 Å². The summed E-state index contributed by atoms with van der Waals surface area (Å²) < 4.78 is 31.6. The van der Waals surface area contributed by atoms with Gasteiger partial charge in [-0.2, -0.15) is 4.31 Å². The SMILES string of the molecule is COC(=O)[C@H]1CN(C(=O)c2cccc(S(=O)(=O)N3CCCC3)c2)CCS1. The lowest BCUT2D eigenvalue weighted by Gasteiger charge is -2.31. The lowest BCUT2D eigenvalue weighted by Crippen LogP contribution is -2.45. The quantitative estimate of drug-likeness (QED) is 0.709. The molecule has 0 radical (unpaired) electrons. The number of carbonyl (C=O) groups excluding carboxylic acids is 2. The molecule has 0 aromatic heterocycles. The number of hydrogen-bond acceptors (Lipinski definition) is 6. The molecule has 9 heteroatoms. The predicted octanol–water partition coefficient (Wildman–Crippen LogP) is 1.20. The Kier molecular flexibility index (Phi) is 5.89. The summed E-state index contributed by atoms with van der Waals surface area (Å²) in [6.07, 6.45) is 1.72. The zero-order valence-electron chi connectivity index (χ0n) is 14.6. The molecule has 1 atom stereocenters. The van der Waals surface area contributed by atoms with Gasteiger partial charge in [0.05, 0.1) is 12.0 Å². The summed E-state index contributed by atoms with van der Waals surface area (Å²) in [5.41, 5.74) is 0.320. The number of benzene rings is 1. The number of carbonyl (C=O) groups is 2. The monoisotopic (exact) mass is 398 g/mol. The Morgan fingerprint density at radius 3 is 2.62 bits per heavy atom. The Morgan fingerprint density at radius 1 is 1.19 bits per heavy atom. The van der Waals surface area contributed by atoms with Gasteiger partial charge in [-0.1, -0.05) is 6.07 Å². The number of esters is 1. The van der Waals surface area contributed by atoms with Crippen molar-refractivity contribution in [2.45, 2.75) is 23.0 Å². The molecule has 1 aromatic rings. The fourth-order valence-corrected chi connectivity index (χ4v) is 5.85. The summed E-state index contributed by atoms with van der Waals surface area (Å²) in [7, 11) is -2.24. The van der Waals surface area contributed by atoms with Crippen LogP contribution in [0.15, 0.2) is 29.2 Å². The van der Waals surface area contributed by atoms with Crippen LogP contribution in [-0.4, -0.2) is 73.8 Å². The maximum absolute atomic E-state index is 12.8. The average Bonchev–Trinajstić information content (AvgIpc) is 3.22. The zero-order valence-corrected chi connectivity index (χ0v) is 16.2. The van der Waals surface area contributed by atoms with Gasteiger partial charge in [-0.15, -0.1) is 11.8 Å². The number of hydrogen-bond donors (Lipinski definition) is 0. The minimum absolute atomic E-state index is 0.140. The van der Waals surface area contributed by atoms with Crippen LogP contribution in [0.1, 0.15) is 23.2 Å². The molecule has 0 spiro atoms. The van der Waals surface area contributed by atoms with Crippen LogP contribution in [0.25, 0.3) is 0 Å². The molecule has 3 rings (SSSR count). The number of amides is 1. The smallest absolute Gasteiger partial charge is 0.320 e. The molecule has 2 aliphatic heterocycles. The van der Waals surface area contributed by atoms with Gasteiger partial charge in [0.15, 0.2) is 0 Å². The number of thioether (sulfide) groups is 1. The molecule has 0 N–H and O–H groups in total. The third kappa shape index (κ3) is 3.89. The third-order valence-electron chi connectivity index (χ3n) is 4.60. The lowest BCUT2D eigenvalue weighted by molar-refractivity contribution is -0.140. The van der Waals surface area contributed by atoms with Crippen molar-refractivity contribution in [3.05, 3.63) is 29.8 Å². The second kappa shape index (κ2) is 7.98. The Labute approximate surface area is 157 Å². The van der Waals surface area contributed by atoms with Gasteiger partial charge in [0.1, 0.15) is 5.25 Å². The first-order valence-corrected chi connectivity index (χ1v) is 11.0. The highest BCUT2D eigenvalue weighted by atomic mass is 32.2. The Hall–Kier alpha value is -1.58. The van der Waals surface area contributed by atoms with E-state index in [1.807, 2.05) is 0 Å². The van der Waals surface area contributed by atoms with Gasteiger partial charge in [-0.05, 0) is 31.0 Å². The molecule has 2 aliphatic rings. The second-order valence-corrected chi connectivity index (χ2v) is 9.52. The molecule has 0 unspecified atom stereocenters. The van der Waals surface area contributed by atoms with E-state index in [2.05, 4.69) is 0 Å². The van der Waals surface area contributed by atoms with Crippen LogP contribution in [-0.2, 0) is 19.6 Å². The van der Waals surface area contributed by atoms with Crippen molar-refractivity contribution in [1.82, 2.24) is 9.21 Å². The van der Waals surface area contributed by atoms with E-state index in [1.54, 1.807) is 17.0 Å². The summed E-state index contributed by atoms with van der Waals surface area (Å²) in [5.74, 6) is 0.0209. The molecule has 2 saturated heterocycles. The Bertz CT molecular complexity index is 790. The third-order valence-corrected chi connectivity index (χ3v) is 7.66. The van der Waals surface area contributed by atoms with Gasteiger partial charge in [0.2, 0.25) is 10.0 Å². The average molecular weight is 399 g/mol. The highest BCUT2D eigenvalue weighted by Crippen LogP contribution is 2.24. The maximum Gasteiger partial charge on any atom is 0.320 e. The van der Waals surface area contributed by atoms with E-state index in [0.717, 1.165) is 12.8 Å². The minimum Gasteiger partial charge on any atom is -0.468 e. The first kappa shape index (κ1) is 19.2. The minimum atomic E-state index is -3.57. The molecule has 1 amide bonds. The van der Waals surface area contributed by atoms with Gasteiger partial charge in [0.25, 0.3) is 5.91 Å². The largest absolute Gasteiger partial charge is 0.468 e. The summed E-state index contributed by atoms with van der Waals surface area (Å²) in [6.45, 7) is 1.81. The van der Waals surface area contributed by atoms with Crippen LogP contribution in [0, 0.1) is 0 Å². The Morgan fingerprint density at radius 2 is 1.92 bits per heavy atom. The van der Waals surface area contributed by atoms with Crippen molar-refractivity contribution in [3.63, 3.8) is 0 Å². The van der Waals surface area contributed by atoms with Crippen LogP contribution < -0.4 is 0 Å². The van der Waals surface area contributed by atoms with Crippen molar-refractivity contribution in [1.29, 1.82) is 0 Å². The summed E-state index contributed by atoms with van der Waals surface area (Å²) in [6, 6.07) is 6.16. The number of rotatable bonds is 4. The molecule has 0 bridgehead atoms. The number of ether oxygens (including phenoxy) is 1. The number of sulfonamides is 1. The number of nitrogens with zero attached hydrogens (tertiary/aromatic N) is 2. The van der Waals surface area contributed by atoms with Gasteiger partial charge >= 0.3 is 5.97 Å². The summed E-state index contributed by atoms with van der Waals surface area (Å²) >= 11 is 1.47. The van der Waals surface area contributed by atoms with Gasteiger partial charge in [0, 0.05) is 37.5 Å². The molecule has 26 heavy (non-hydrogen) atoms. The molecular weight excluding hydrogens is 376 g/mol. The molecule has 1 aromatic carbocycles. The fourth-order valence-electron chi connectivity index (χ4n) is 3.16. The van der Waals surface area contributed by atoms with Crippen LogP contribution in [0.2, 0.25) is 0 Å². The predicted molar refractivity (Wildman–Crippen MR) is 98.6 cm³/mol. The molecule has 2 fully saturated rings. The van der Waals surface area contributed by atoms with Crippen LogP contribution >= 0.6 is 11.8 Å². The van der Waals surface area contributed by atoms with Crippen molar-refractivity contribution < 1.29 is 22.7 Å². The van der Waals surface area contributed by atoms with Crippen molar-refractivity contribution >= 4 is 33.7 Å². The summed E-state index contributed by atoms with van der Waals surface area (Å²) in [4.78, 5) is 26.3. The normalized spacial score (nSPS) is 21.6. The topological polar surface area (TPSA) is 84.0 Å². The van der Waals surface area contributed by atoms with Gasteiger partial charge in [-0.25, -0.2) is 8.42 Å². The van der Waals surface area contributed by atoms with Crippen molar-refractivity contribution in [2.75, 3.05) is 39.0 Å². The maximum atomic E-state index is 12.8. The van der Waals surface area contributed by atoms with Gasteiger partial charge in [-0.3, -0.25) is 9.59 Å². The molecular formula is C17H22N2O5S2. The molecule has 7 nitrogen and oxygen atoms in total. The number of methoxy groups -OCH3 is 1. The molecule has 0 aliphatic carbocycles. The standard InChI is InChI=1S/C17H22N2O5S2/c1-24-17(21)15-12-18(9-10-25-15)16(20)13-5-4-6-14(11-13)26(22,23)19-7-2-3-8-19/h4-6,11,15H,2-3,7-10,12H2,1H3/t15-/m1/s1. The zero-order chi connectivity index (χ0) is 18.7. The van der Waals surface area contributed by atoms with E-state index in [9.17, 15) is 18.0 Å². The van der Waals surface area contributed by atoms with E-state index in [4.69, 9.17) is 4.74 Å². The van der Waals surface area contributed by atoms with Crippen molar-refractivity contribution in [3.8, 4) is 0 Å². The summed E-state index contributed by atoms with van der Waals surface area (Å²) in [5, 5.41) is -0.408. The fraction of sp³-hybridized carbons (Fsp3) is 0.529. The first-order chi connectivity index (χ1) is 12.4. The second-order valence-electron chi connectivity index (χ2n) is 6.27. The highest BCUT2D eigenvalue weighted by Gasteiger charge is 2.31. The van der Waals surface area contributed by atoms with Crippen LogP contribution in [0.3, 0.4) is 0 Å². The molecule has 2 heterocycles. The first-order valence-electron chi connectivity index (χ1n) is 8.52. The van der Waals surface area contributed by atoms with E-state index >= 15 is 0 Å². The van der Waals surface area contributed by atoms with E-state index < -0.39 is 15.3 Å². The highest BCUT2D eigenvalue weighted by molar-refractivity contribution is 8.00. The lowest BCUT2D eigenvalue weighted by atomic mass is 10.2. The van der Waals surface area contributed by atoms with E-state index in [-0.39, 0.29) is 23.3 Å². The van der Waals surface area contributed by atoms with E-state index in [1.165, 1.54) is 35.3 Å². The van der Waals surface area contributed by atoms with Gasteiger partial charge < -0.3 is 9.64 Å². The molecule has 0 saturated carbocycles. The Balaban J connectivity index is 1.79. The molecule has 142 valence electrons.